The fourth-order valence-electron chi connectivity index (χ4n) is 0.869. The van der Waals surface area contributed by atoms with Gasteiger partial charge in [-0.25, -0.2) is 5.43 Å². The average Bonchev–Trinajstić information content (AvgIpc) is 2.52. The molecule has 4 heteroatoms. The lowest BCUT2D eigenvalue weighted by Crippen LogP contribution is -2.30. The Morgan fingerprint density at radius 2 is 2.64 bits per heavy atom. The summed E-state index contributed by atoms with van der Waals surface area (Å²) >= 11 is 1.67. The molecule has 0 saturated heterocycles. The molecule has 1 heterocycles. The summed E-state index contributed by atoms with van der Waals surface area (Å²) in [5.41, 5.74) is 2.69. The highest BCUT2D eigenvalue weighted by molar-refractivity contribution is 7.10. The molecule has 0 amide bonds. The maximum Gasteiger partial charge on any atom is 0.0786 e. The van der Waals surface area contributed by atoms with Crippen LogP contribution in [0.25, 0.3) is 0 Å². The first-order chi connectivity index (χ1) is 5.38. The average molecular weight is 172 g/mol. The fourth-order valence-corrected chi connectivity index (χ4v) is 1.64. The first-order valence-corrected chi connectivity index (χ1v) is 4.25. The minimum atomic E-state index is 0.125. The van der Waals surface area contributed by atoms with Gasteiger partial charge < -0.3 is 4.74 Å². The summed E-state index contributed by atoms with van der Waals surface area (Å²) in [6, 6.07) is 4.16. The van der Waals surface area contributed by atoms with Crippen molar-refractivity contribution in [1.82, 2.24) is 5.43 Å². The second kappa shape index (κ2) is 4.46. The zero-order valence-corrected chi connectivity index (χ0v) is 7.23. The van der Waals surface area contributed by atoms with Crippen molar-refractivity contribution in [3.05, 3.63) is 22.4 Å². The van der Waals surface area contributed by atoms with E-state index in [2.05, 4.69) is 5.43 Å². The van der Waals surface area contributed by atoms with E-state index in [4.69, 9.17) is 10.6 Å². The Morgan fingerprint density at radius 3 is 3.09 bits per heavy atom. The van der Waals surface area contributed by atoms with E-state index >= 15 is 0 Å². The number of rotatable bonds is 4. The SMILES string of the molecule is COCC(NN)c1cccs1. The van der Waals surface area contributed by atoms with Crippen LogP contribution in [-0.4, -0.2) is 13.7 Å². The zero-order valence-electron chi connectivity index (χ0n) is 6.41. The molecular weight excluding hydrogens is 160 g/mol. The first kappa shape index (κ1) is 8.67. The molecule has 0 aliphatic heterocycles. The lowest BCUT2D eigenvalue weighted by molar-refractivity contribution is 0.168. The third kappa shape index (κ3) is 2.27. The minimum absolute atomic E-state index is 0.125. The number of hydrazine groups is 1. The summed E-state index contributed by atoms with van der Waals surface area (Å²) in [5.74, 6) is 5.33. The third-order valence-corrected chi connectivity index (χ3v) is 2.41. The van der Waals surface area contributed by atoms with Crippen LogP contribution in [-0.2, 0) is 4.74 Å². The van der Waals surface area contributed by atoms with E-state index < -0.39 is 0 Å². The lowest BCUT2D eigenvalue weighted by Gasteiger charge is -2.11. The summed E-state index contributed by atoms with van der Waals surface area (Å²) in [4.78, 5) is 1.20. The van der Waals surface area contributed by atoms with Crippen molar-refractivity contribution >= 4 is 11.3 Å². The van der Waals surface area contributed by atoms with Crippen molar-refractivity contribution in [3.63, 3.8) is 0 Å². The lowest BCUT2D eigenvalue weighted by atomic mass is 10.3. The molecule has 11 heavy (non-hydrogen) atoms. The summed E-state index contributed by atoms with van der Waals surface area (Å²) < 4.78 is 4.98. The van der Waals surface area contributed by atoms with Gasteiger partial charge in [-0.15, -0.1) is 11.3 Å². The Hall–Kier alpha value is -0.420. The number of ether oxygens (including phenoxy) is 1. The number of hydrogen-bond donors (Lipinski definition) is 2. The van der Waals surface area contributed by atoms with Crippen LogP contribution >= 0.6 is 11.3 Å². The molecule has 0 radical (unpaired) electrons. The maximum atomic E-state index is 5.33. The van der Waals surface area contributed by atoms with Gasteiger partial charge in [-0.05, 0) is 11.4 Å². The number of methoxy groups -OCH3 is 1. The third-order valence-electron chi connectivity index (χ3n) is 1.42. The van der Waals surface area contributed by atoms with Gasteiger partial charge in [-0.3, -0.25) is 5.84 Å². The molecule has 0 fully saturated rings. The van der Waals surface area contributed by atoms with E-state index in [9.17, 15) is 0 Å². The van der Waals surface area contributed by atoms with Crippen molar-refractivity contribution in [1.29, 1.82) is 0 Å². The van der Waals surface area contributed by atoms with Crippen LogP contribution < -0.4 is 11.3 Å². The number of hydrogen-bond acceptors (Lipinski definition) is 4. The van der Waals surface area contributed by atoms with E-state index in [-0.39, 0.29) is 6.04 Å². The van der Waals surface area contributed by atoms with E-state index in [1.165, 1.54) is 4.88 Å². The largest absolute Gasteiger partial charge is 0.383 e. The highest BCUT2D eigenvalue weighted by Crippen LogP contribution is 2.17. The number of nitrogens with two attached hydrogens (primary N) is 1. The predicted octanol–water partition coefficient (Wildman–Crippen LogP) is 0.899. The molecule has 0 bridgehead atoms. The van der Waals surface area contributed by atoms with Crippen LogP contribution in [0.1, 0.15) is 10.9 Å². The van der Waals surface area contributed by atoms with Gasteiger partial charge in [0.05, 0.1) is 12.6 Å². The second-order valence-corrected chi connectivity index (χ2v) is 3.17. The van der Waals surface area contributed by atoms with E-state index in [0.29, 0.717) is 6.61 Å². The minimum Gasteiger partial charge on any atom is -0.383 e. The molecule has 3 nitrogen and oxygen atoms in total. The van der Waals surface area contributed by atoms with Gasteiger partial charge in [-0.1, -0.05) is 6.07 Å². The summed E-state index contributed by atoms with van der Waals surface area (Å²) in [6.45, 7) is 0.608. The van der Waals surface area contributed by atoms with Crippen molar-refractivity contribution < 1.29 is 4.74 Å². The quantitative estimate of drug-likeness (QED) is 0.524. The highest BCUT2D eigenvalue weighted by Gasteiger charge is 2.08. The van der Waals surface area contributed by atoms with E-state index in [1.807, 2.05) is 17.5 Å². The number of nitrogens with one attached hydrogen (secondary N) is 1. The Bertz CT molecular complexity index is 188. The molecule has 1 aromatic heterocycles. The Kier molecular flexibility index (Phi) is 3.51. The summed E-state index contributed by atoms with van der Waals surface area (Å²) in [7, 11) is 1.66. The van der Waals surface area contributed by atoms with Crippen molar-refractivity contribution in [2.24, 2.45) is 5.84 Å². The Morgan fingerprint density at radius 1 is 1.82 bits per heavy atom. The molecule has 0 aliphatic rings. The maximum absolute atomic E-state index is 5.33. The Balaban J connectivity index is 2.56. The van der Waals surface area contributed by atoms with Crippen molar-refractivity contribution in [2.75, 3.05) is 13.7 Å². The van der Waals surface area contributed by atoms with E-state index in [0.717, 1.165) is 0 Å². The van der Waals surface area contributed by atoms with Gasteiger partial charge in [0, 0.05) is 12.0 Å². The van der Waals surface area contributed by atoms with Crippen LogP contribution in [0.15, 0.2) is 17.5 Å². The number of thiophene rings is 1. The summed E-state index contributed by atoms with van der Waals surface area (Å²) in [6.07, 6.45) is 0. The molecule has 1 unspecified atom stereocenters. The van der Waals surface area contributed by atoms with Crippen LogP contribution in [0.5, 0.6) is 0 Å². The van der Waals surface area contributed by atoms with Gasteiger partial charge >= 0.3 is 0 Å². The molecule has 3 N–H and O–H groups in total. The molecule has 62 valence electrons. The molecule has 0 saturated carbocycles. The topological polar surface area (TPSA) is 47.3 Å². The monoisotopic (exact) mass is 172 g/mol. The van der Waals surface area contributed by atoms with Crippen molar-refractivity contribution in [3.8, 4) is 0 Å². The molecule has 1 atom stereocenters. The molecular formula is C7H12N2OS. The smallest absolute Gasteiger partial charge is 0.0786 e. The van der Waals surface area contributed by atoms with E-state index in [1.54, 1.807) is 18.4 Å². The molecule has 1 rings (SSSR count). The molecule has 0 aliphatic carbocycles. The first-order valence-electron chi connectivity index (χ1n) is 3.37. The van der Waals surface area contributed by atoms with Gasteiger partial charge in [0.2, 0.25) is 0 Å². The standard InChI is InChI=1S/C7H12N2OS/c1-10-5-6(9-8)7-3-2-4-11-7/h2-4,6,9H,5,8H2,1H3. The van der Waals surface area contributed by atoms with Gasteiger partial charge in [0.15, 0.2) is 0 Å². The molecule has 0 spiro atoms. The zero-order chi connectivity index (χ0) is 8.10. The predicted molar refractivity (Wildman–Crippen MR) is 46.3 cm³/mol. The fraction of sp³-hybridized carbons (Fsp3) is 0.429. The highest BCUT2D eigenvalue weighted by atomic mass is 32.1. The van der Waals surface area contributed by atoms with Crippen molar-refractivity contribution in [2.45, 2.75) is 6.04 Å². The van der Waals surface area contributed by atoms with Crippen LogP contribution in [0.4, 0.5) is 0 Å². The Labute approximate surface area is 70.1 Å². The van der Waals surface area contributed by atoms with Crippen LogP contribution in [0, 0.1) is 0 Å². The normalized spacial score (nSPS) is 13.3. The van der Waals surface area contributed by atoms with Crippen LogP contribution in [0.2, 0.25) is 0 Å². The molecule has 0 aromatic carbocycles. The van der Waals surface area contributed by atoms with Gasteiger partial charge in [0.1, 0.15) is 0 Å². The second-order valence-electron chi connectivity index (χ2n) is 2.19. The van der Waals surface area contributed by atoms with Gasteiger partial charge in [-0.2, -0.15) is 0 Å². The summed E-state index contributed by atoms with van der Waals surface area (Å²) in [5, 5.41) is 2.02. The molecule has 1 aromatic rings. The van der Waals surface area contributed by atoms with Crippen LogP contribution in [0.3, 0.4) is 0 Å². The van der Waals surface area contributed by atoms with Gasteiger partial charge in [0.25, 0.3) is 0 Å².